The van der Waals surface area contributed by atoms with Crippen molar-refractivity contribution in [1.82, 2.24) is 0 Å². The van der Waals surface area contributed by atoms with E-state index in [4.69, 9.17) is 23.2 Å². The summed E-state index contributed by atoms with van der Waals surface area (Å²) in [7, 11) is -4.02. The molecule has 0 aliphatic carbocycles. The van der Waals surface area contributed by atoms with Crippen LogP contribution in [0.1, 0.15) is 11.1 Å². The van der Waals surface area contributed by atoms with Gasteiger partial charge in [-0.15, -0.1) is 0 Å². The molecule has 156 valence electrons. The number of carbonyl (C=O) groups is 1. The van der Waals surface area contributed by atoms with Crippen LogP contribution in [0.4, 0.5) is 11.4 Å². The molecule has 0 fully saturated rings. The van der Waals surface area contributed by atoms with Gasteiger partial charge in [-0.05, 0) is 55.3 Å². The van der Waals surface area contributed by atoms with E-state index < -0.39 is 22.5 Å². The highest BCUT2D eigenvalue weighted by atomic mass is 35.5. The number of nitrogens with one attached hydrogen (secondary N) is 1. The Morgan fingerprint density at radius 2 is 1.53 bits per heavy atom. The lowest BCUT2D eigenvalue weighted by Crippen LogP contribution is -2.38. The number of sulfonamides is 1. The molecule has 0 bridgehead atoms. The number of hydrogen-bond donors (Lipinski definition) is 1. The maximum Gasteiger partial charge on any atom is 0.264 e. The zero-order valence-corrected chi connectivity index (χ0v) is 18.7. The normalized spacial score (nSPS) is 11.2. The summed E-state index contributed by atoms with van der Waals surface area (Å²) >= 11 is 12.1. The summed E-state index contributed by atoms with van der Waals surface area (Å²) in [6.45, 7) is 3.32. The lowest BCUT2D eigenvalue weighted by Gasteiger charge is -2.25. The third-order valence-corrected chi connectivity index (χ3v) is 7.08. The summed E-state index contributed by atoms with van der Waals surface area (Å²) in [5, 5.41) is 3.31. The average Bonchev–Trinajstić information content (AvgIpc) is 2.72. The number of amides is 1. The molecule has 3 aromatic rings. The predicted octanol–water partition coefficient (Wildman–Crippen LogP) is 5.44. The van der Waals surface area contributed by atoms with Crippen molar-refractivity contribution in [1.29, 1.82) is 0 Å². The summed E-state index contributed by atoms with van der Waals surface area (Å²) in [6.07, 6.45) is 0. The Morgan fingerprint density at radius 1 is 0.900 bits per heavy atom. The molecule has 3 aromatic carbocycles. The summed E-state index contributed by atoms with van der Waals surface area (Å²) < 4.78 is 27.7. The molecule has 8 heteroatoms. The van der Waals surface area contributed by atoms with Crippen LogP contribution in [-0.2, 0) is 14.8 Å². The first-order chi connectivity index (χ1) is 14.2. The van der Waals surface area contributed by atoms with Gasteiger partial charge in [0, 0.05) is 5.69 Å². The first kappa shape index (κ1) is 22.2. The number of nitrogens with zero attached hydrogens (tertiary/aromatic N) is 1. The van der Waals surface area contributed by atoms with E-state index in [2.05, 4.69) is 5.32 Å². The monoisotopic (exact) mass is 462 g/mol. The maximum absolute atomic E-state index is 13.3. The highest BCUT2D eigenvalue weighted by molar-refractivity contribution is 7.92. The Bertz CT molecular complexity index is 1160. The van der Waals surface area contributed by atoms with Gasteiger partial charge in [0.15, 0.2) is 0 Å². The van der Waals surface area contributed by atoms with E-state index in [1.807, 2.05) is 32.0 Å². The minimum Gasteiger partial charge on any atom is -0.324 e. The van der Waals surface area contributed by atoms with Crippen molar-refractivity contribution in [2.24, 2.45) is 0 Å². The molecule has 0 heterocycles. The first-order valence-corrected chi connectivity index (χ1v) is 11.3. The molecule has 0 aliphatic heterocycles. The number of rotatable bonds is 6. The molecule has 5 nitrogen and oxygen atoms in total. The van der Waals surface area contributed by atoms with E-state index in [1.54, 1.807) is 18.2 Å². The second-order valence-corrected chi connectivity index (χ2v) is 9.41. The van der Waals surface area contributed by atoms with Gasteiger partial charge in [-0.2, -0.15) is 0 Å². The zero-order valence-electron chi connectivity index (χ0n) is 16.4. The largest absolute Gasteiger partial charge is 0.324 e. The molecule has 3 rings (SSSR count). The van der Waals surface area contributed by atoms with E-state index in [9.17, 15) is 13.2 Å². The fraction of sp³-hybridized carbons (Fsp3) is 0.136. The van der Waals surface area contributed by atoms with Crippen LogP contribution in [-0.4, -0.2) is 20.9 Å². The van der Waals surface area contributed by atoms with Gasteiger partial charge in [0.2, 0.25) is 5.91 Å². The van der Waals surface area contributed by atoms with Gasteiger partial charge in [0.05, 0.1) is 20.6 Å². The number of benzene rings is 3. The molecule has 0 unspecified atom stereocenters. The van der Waals surface area contributed by atoms with Gasteiger partial charge in [-0.3, -0.25) is 9.10 Å². The SMILES string of the molecule is Cc1cccc(C)c1NC(=O)CN(c1ccc(Cl)c(Cl)c1)S(=O)(=O)c1ccccc1. The van der Waals surface area contributed by atoms with Gasteiger partial charge in [-0.1, -0.05) is 59.6 Å². The Kier molecular flexibility index (Phi) is 6.71. The molecule has 30 heavy (non-hydrogen) atoms. The summed E-state index contributed by atoms with van der Waals surface area (Å²) in [4.78, 5) is 12.9. The Hall–Kier alpha value is -2.54. The van der Waals surface area contributed by atoms with Crippen LogP contribution in [0.15, 0.2) is 71.6 Å². The van der Waals surface area contributed by atoms with Crippen molar-refractivity contribution in [2.45, 2.75) is 18.7 Å². The second-order valence-electron chi connectivity index (χ2n) is 6.74. The smallest absolute Gasteiger partial charge is 0.264 e. The minimum atomic E-state index is -4.02. The minimum absolute atomic E-state index is 0.0657. The van der Waals surface area contributed by atoms with Crippen molar-refractivity contribution in [2.75, 3.05) is 16.2 Å². The molecule has 0 aliphatic rings. The van der Waals surface area contributed by atoms with Crippen LogP contribution in [0, 0.1) is 13.8 Å². The first-order valence-electron chi connectivity index (χ1n) is 9.09. The van der Waals surface area contributed by atoms with E-state index in [0.717, 1.165) is 15.4 Å². The molecular weight excluding hydrogens is 443 g/mol. The van der Waals surface area contributed by atoms with Gasteiger partial charge < -0.3 is 5.32 Å². The van der Waals surface area contributed by atoms with Crippen molar-refractivity contribution in [3.8, 4) is 0 Å². The molecule has 0 saturated carbocycles. The highest BCUT2D eigenvalue weighted by Crippen LogP contribution is 2.30. The third kappa shape index (κ3) is 4.78. The van der Waals surface area contributed by atoms with Crippen LogP contribution in [0.25, 0.3) is 0 Å². The second kappa shape index (κ2) is 9.08. The summed E-state index contributed by atoms with van der Waals surface area (Å²) in [5.74, 6) is -0.474. The van der Waals surface area contributed by atoms with Crippen molar-refractivity contribution in [3.63, 3.8) is 0 Å². The van der Waals surface area contributed by atoms with Crippen molar-refractivity contribution in [3.05, 3.63) is 87.9 Å². The molecule has 0 saturated heterocycles. The molecule has 0 radical (unpaired) electrons. The van der Waals surface area contributed by atoms with Gasteiger partial charge in [0.25, 0.3) is 10.0 Å². The number of para-hydroxylation sites is 1. The number of anilines is 2. The van der Waals surface area contributed by atoms with E-state index in [1.165, 1.54) is 30.3 Å². The number of aryl methyl sites for hydroxylation is 2. The molecule has 0 aromatic heterocycles. The van der Waals surface area contributed by atoms with Crippen molar-refractivity contribution < 1.29 is 13.2 Å². The zero-order chi connectivity index (χ0) is 21.9. The molecule has 0 atom stereocenters. The van der Waals surface area contributed by atoms with Gasteiger partial charge >= 0.3 is 0 Å². The fourth-order valence-electron chi connectivity index (χ4n) is 3.00. The highest BCUT2D eigenvalue weighted by Gasteiger charge is 2.28. The van der Waals surface area contributed by atoms with Crippen LogP contribution in [0.3, 0.4) is 0 Å². The van der Waals surface area contributed by atoms with E-state index >= 15 is 0 Å². The molecule has 1 N–H and O–H groups in total. The molecule has 1 amide bonds. The lowest BCUT2D eigenvalue weighted by atomic mass is 10.1. The maximum atomic E-state index is 13.3. The standard InChI is InChI=1S/C22H20Cl2N2O3S/c1-15-7-6-8-16(2)22(15)25-21(27)14-26(17-11-12-19(23)20(24)13-17)30(28,29)18-9-4-3-5-10-18/h3-13H,14H2,1-2H3,(H,25,27). The average molecular weight is 463 g/mol. The number of carbonyl (C=O) groups excluding carboxylic acids is 1. The Labute approximate surface area is 186 Å². The van der Waals surface area contributed by atoms with Crippen LogP contribution in [0.5, 0.6) is 0 Å². The molecular formula is C22H20Cl2N2O3S. The fourth-order valence-corrected chi connectivity index (χ4v) is 4.72. The summed E-state index contributed by atoms with van der Waals surface area (Å²) in [5.41, 5.74) is 2.67. The number of hydrogen-bond acceptors (Lipinski definition) is 3. The Morgan fingerprint density at radius 3 is 2.13 bits per heavy atom. The topological polar surface area (TPSA) is 66.5 Å². The van der Waals surface area contributed by atoms with Crippen LogP contribution in [0.2, 0.25) is 10.0 Å². The summed E-state index contributed by atoms with van der Waals surface area (Å²) in [6, 6.07) is 18.0. The van der Waals surface area contributed by atoms with Gasteiger partial charge in [0.1, 0.15) is 6.54 Å². The van der Waals surface area contributed by atoms with Crippen LogP contribution >= 0.6 is 23.2 Å². The van der Waals surface area contributed by atoms with Gasteiger partial charge in [-0.25, -0.2) is 8.42 Å². The Balaban J connectivity index is 1.99. The third-order valence-electron chi connectivity index (χ3n) is 4.56. The van der Waals surface area contributed by atoms with E-state index in [0.29, 0.717) is 5.69 Å². The quantitative estimate of drug-likeness (QED) is 0.529. The van der Waals surface area contributed by atoms with Crippen molar-refractivity contribution >= 4 is 50.5 Å². The lowest BCUT2D eigenvalue weighted by molar-refractivity contribution is -0.114. The van der Waals surface area contributed by atoms with Crippen LogP contribution < -0.4 is 9.62 Å². The molecule has 0 spiro atoms. The number of halogens is 2. The van der Waals surface area contributed by atoms with E-state index in [-0.39, 0.29) is 20.6 Å². The predicted molar refractivity (Wildman–Crippen MR) is 122 cm³/mol.